The summed E-state index contributed by atoms with van der Waals surface area (Å²) < 4.78 is 0. The minimum atomic E-state index is 0.381. The lowest BCUT2D eigenvalue weighted by Crippen LogP contribution is -2.37. The Bertz CT molecular complexity index is 219. The minimum Gasteiger partial charge on any atom is -0.328 e. The van der Waals surface area contributed by atoms with Crippen molar-refractivity contribution >= 4 is 0 Å². The lowest BCUT2D eigenvalue weighted by Gasteiger charge is -2.29. The standard InChI is InChI=1S/C12H23N3/c1-10(2)9-15(7-3-6-13)12-5-4-11(14)8-12/h10-12H,3-5,7-9,14H2,1-2H3. The van der Waals surface area contributed by atoms with Crippen LogP contribution >= 0.6 is 0 Å². The molecule has 0 aliphatic heterocycles. The molecular formula is C12H23N3. The van der Waals surface area contributed by atoms with E-state index in [1.165, 1.54) is 6.42 Å². The third-order valence-electron chi connectivity index (χ3n) is 3.07. The minimum absolute atomic E-state index is 0.381. The van der Waals surface area contributed by atoms with E-state index in [1.807, 2.05) is 0 Å². The van der Waals surface area contributed by atoms with Gasteiger partial charge in [0, 0.05) is 31.6 Å². The second kappa shape index (κ2) is 6.09. The van der Waals surface area contributed by atoms with Crippen molar-refractivity contribution in [3.05, 3.63) is 0 Å². The van der Waals surface area contributed by atoms with E-state index >= 15 is 0 Å². The maximum atomic E-state index is 8.64. The van der Waals surface area contributed by atoms with Gasteiger partial charge in [-0.25, -0.2) is 0 Å². The molecule has 1 aliphatic carbocycles. The Morgan fingerprint density at radius 3 is 2.67 bits per heavy atom. The molecule has 1 rings (SSSR count). The molecule has 0 aromatic rings. The Morgan fingerprint density at radius 1 is 1.47 bits per heavy atom. The molecule has 0 aromatic heterocycles. The predicted molar refractivity (Wildman–Crippen MR) is 62.3 cm³/mol. The molecule has 0 aromatic carbocycles. The second-order valence-corrected chi connectivity index (χ2v) is 5.02. The zero-order valence-corrected chi connectivity index (χ0v) is 9.95. The smallest absolute Gasteiger partial charge is 0.0635 e. The number of nitriles is 1. The summed E-state index contributed by atoms with van der Waals surface area (Å²) in [4.78, 5) is 2.46. The van der Waals surface area contributed by atoms with Gasteiger partial charge in [0.1, 0.15) is 0 Å². The maximum absolute atomic E-state index is 8.64. The number of hydrogen-bond donors (Lipinski definition) is 1. The van der Waals surface area contributed by atoms with Crippen LogP contribution in [0.4, 0.5) is 0 Å². The first-order chi connectivity index (χ1) is 7.13. The van der Waals surface area contributed by atoms with Crippen molar-refractivity contribution in [2.75, 3.05) is 13.1 Å². The van der Waals surface area contributed by atoms with Crippen LogP contribution in [0.25, 0.3) is 0 Å². The third kappa shape index (κ3) is 4.19. The van der Waals surface area contributed by atoms with Crippen LogP contribution in [0.15, 0.2) is 0 Å². The van der Waals surface area contributed by atoms with Gasteiger partial charge in [0.15, 0.2) is 0 Å². The average Bonchev–Trinajstić information content (AvgIpc) is 2.58. The van der Waals surface area contributed by atoms with Crippen molar-refractivity contribution in [3.63, 3.8) is 0 Å². The highest BCUT2D eigenvalue weighted by atomic mass is 15.2. The normalized spacial score (nSPS) is 26.1. The van der Waals surface area contributed by atoms with Crippen molar-refractivity contribution in [3.8, 4) is 6.07 Å². The molecule has 0 bridgehead atoms. The molecule has 0 amide bonds. The van der Waals surface area contributed by atoms with Crippen LogP contribution in [-0.2, 0) is 0 Å². The van der Waals surface area contributed by atoms with E-state index in [0.717, 1.165) is 25.9 Å². The molecule has 3 nitrogen and oxygen atoms in total. The van der Waals surface area contributed by atoms with Crippen LogP contribution < -0.4 is 5.73 Å². The average molecular weight is 209 g/mol. The maximum Gasteiger partial charge on any atom is 0.0635 e. The molecule has 2 N–H and O–H groups in total. The van der Waals surface area contributed by atoms with Crippen LogP contribution in [0.5, 0.6) is 0 Å². The number of hydrogen-bond acceptors (Lipinski definition) is 3. The summed E-state index contributed by atoms with van der Waals surface area (Å²) in [5, 5.41) is 8.64. The molecule has 1 fully saturated rings. The molecule has 0 heterocycles. The van der Waals surface area contributed by atoms with Crippen molar-refractivity contribution in [1.29, 1.82) is 5.26 Å². The molecule has 2 unspecified atom stereocenters. The summed E-state index contributed by atoms with van der Waals surface area (Å²) in [6.45, 7) is 6.47. The van der Waals surface area contributed by atoms with Gasteiger partial charge in [-0.3, -0.25) is 4.90 Å². The van der Waals surface area contributed by atoms with Crippen LogP contribution in [0.2, 0.25) is 0 Å². The van der Waals surface area contributed by atoms with Gasteiger partial charge in [-0.15, -0.1) is 0 Å². The van der Waals surface area contributed by atoms with Crippen molar-refractivity contribution in [2.45, 2.75) is 51.6 Å². The SMILES string of the molecule is CC(C)CN(CCC#N)C1CCC(N)C1. The van der Waals surface area contributed by atoms with Gasteiger partial charge < -0.3 is 5.73 Å². The van der Waals surface area contributed by atoms with Gasteiger partial charge in [-0.05, 0) is 25.2 Å². The van der Waals surface area contributed by atoms with Gasteiger partial charge in [0.2, 0.25) is 0 Å². The molecule has 1 saturated carbocycles. The van der Waals surface area contributed by atoms with E-state index in [-0.39, 0.29) is 0 Å². The lowest BCUT2D eigenvalue weighted by atomic mass is 10.1. The molecule has 15 heavy (non-hydrogen) atoms. The van der Waals surface area contributed by atoms with E-state index in [1.54, 1.807) is 0 Å². The second-order valence-electron chi connectivity index (χ2n) is 5.02. The van der Waals surface area contributed by atoms with Crippen molar-refractivity contribution < 1.29 is 0 Å². The topological polar surface area (TPSA) is 53.0 Å². The molecule has 3 heteroatoms. The van der Waals surface area contributed by atoms with E-state index in [2.05, 4.69) is 24.8 Å². The fraction of sp³-hybridized carbons (Fsp3) is 0.917. The Hall–Kier alpha value is -0.590. The Kier molecular flexibility index (Phi) is 5.07. The van der Waals surface area contributed by atoms with Gasteiger partial charge in [0.05, 0.1) is 6.07 Å². The van der Waals surface area contributed by atoms with Crippen molar-refractivity contribution in [2.24, 2.45) is 11.7 Å². The summed E-state index contributed by atoms with van der Waals surface area (Å²) >= 11 is 0. The number of nitrogens with zero attached hydrogens (tertiary/aromatic N) is 2. The highest BCUT2D eigenvalue weighted by molar-refractivity contribution is 4.86. The summed E-state index contributed by atoms with van der Waals surface area (Å²) in [6, 6.07) is 3.24. The molecule has 0 radical (unpaired) electrons. The Balaban J connectivity index is 2.44. The van der Waals surface area contributed by atoms with E-state index in [4.69, 9.17) is 11.0 Å². The van der Waals surface area contributed by atoms with E-state index in [9.17, 15) is 0 Å². The predicted octanol–water partition coefficient (Wildman–Crippen LogP) is 1.74. The monoisotopic (exact) mass is 209 g/mol. The van der Waals surface area contributed by atoms with Crippen LogP contribution in [0.3, 0.4) is 0 Å². The third-order valence-corrected chi connectivity index (χ3v) is 3.07. The zero-order valence-electron chi connectivity index (χ0n) is 9.95. The summed E-state index contributed by atoms with van der Waals surface area (Å²) in [7, 11) is 0. The quantitative estimate of drug-likeness (QED) is 0.750. The van der Waals surface area contributed by atoms with E-state index < -0.39 is 0 Å². The highest BCUT2D eigenvalue weighted by Crippen LogP contribution is 2.23. The van der Waals surface area contributed by atoms with Gasteiger partial charge in [-0.1, -0.05) is 13.8 Å². The molecule has 1 aliphatic rings. The van der Waals surface area contributed by atoms with Gasteiger partial charge >= 0.3 is 0 Å². The lowest BCUT2D eigenvalue weighted by molar-refractivity contribution is 0.180. The van der Waals surface area contributed by atoms with Crippen molar-refractivity contribution in [1.82, 2.24) is 4.90 Å². The number of nitrogens with two attached hydrogens (primary N) is 1. The van der Waals surface area contributed by atoms with Gasteiger partial charge in [0.25, 0.3) is 0 Å². The van der Waals surface area contributed by atoms with Crippen LogP contribution in [-0.4, -0.2) is 30.1 Å². The summed E-state index contributed by atoms with van der Waals surface area (Å²) in [5.41, 5.74) is 5.93. The molecule has 2 atom stereocenters. The summed E-state index contributed by atoms with van der Waals surface area (Å²) in [6.07, 6.45) is 4.10. The number of rotatable bonds is 5. The van der Waals surface area contributed by atoms with E-state index in [0.29, 0.717) is 24.4 Å². The Morgan fingerprint density at radius 2 is 2.20 bits per heavy atom. The molecule has 0 spiro atoms. The molecular weight excluding hydrogens is 186 g/mol. The Labute approximate surface area is 93.2 Å². The van der Waals surface area contributed by atoms with Gasteiger partial charge in [-0.2, -0.15) is 5.26 Å². The summed E-state index contributed by atoms with van der Waals surface area (Å²) in [5.74, 6) is 0.667. The first-order valence-electron chi connectivity index (χ1n) is 6.00. The molecule has 0 saturated heterocycles. The first kappa shape index (κ1) is 12.5. The largest absolute Gasteiger partial charge is 0.328 e. The fourth-order valence-corrected chi connectivity index (χ4v) is 2.41. The molecule has 86 valence electrons. The van der Waals surface area contributed by atoms with Crippen LogP contribution in [0.1, 0.15) is 39.5 Å². The van der Waals surface area contributed by atoms with Crippen LogP contribution in [0, 0.1) is 17.2 Å². The first-order valence-corrected chi connectivity index (χ1v) is 6.00. The fourth-order valence-electron chi connectivity index (χ4n) is 2.41. The zero-order chi connectivity index (χ0) is 11.3. The highest BCUT2D eigenvalue weighted by Gasteiger charge is 2.27.